The molecule has 0 saturated carbocycles. The minimum absolute atomic E-state index is 0. The van der Waals surface area contributed by atoms with Crippen molar-refractivity contribution in [1.82, 2.24) is 14.5 Å². The normalized spacial score (nSPS) is 14.6. The van der Waals surface area contributed by atoms with Gasteiger partial charge in [0.1, 0.15) is 11.3 Å². The molecule has 1 N–H and O–H groups in total. The van der Waals surface area contributed by atoms with E-state index < -0.39 is 0 Å². The first-order chi connectivity index (χ1) is 23.3. The third-order valence-electron chi connectivity index (χ3n) is 11.2. The third kappa shape index (κ3) is 5.16. The summed E-state index contributed by atoms with van der Waals surface area (Å²) in [5.41, 5.74) is 11.0. The number of pyridine rings is 1. The van der Waals surface area contributed by atoms with Crippen LogP contribution in [0.2, 0.25) is 0 Å². The van der Waals surface area contributed by atoms with E-state index in [2.05, 4.69) is 121 Å². The van der Waals surface area contributed by atoms with Gasteiger partial charge in [0.25, 0.3) is 0 Å². The standard InChI is InChI=1S/C44H42N3O2.Pt/c1-25(2)28-20-29(26(3)4)22-30(21-28)47-24-36(46-42(47)27-16-19-39-32(23-27)31-12-9-10-15-38(31)49-39)35-18-17-34-41(45-35)40-33(13-11-14-37(40)48)43(5,6)44(34,7)8;/h9-15,17-26,48H,1-8H3;/q-1;. The molecule has 3 aromatic heterocycles. The Balaban J connectivity index is 0.00000392. The predicted octanol–water partition coefficient (Wildman–Crippen LogP) is 11.5. The number of aromatic hydroxyl groups is 1. The van der Waals surface area contributed by atoms with Gasteiger partial charge in [0.15, 0.2) is 0 Å². The predicted molar refractivity (Wildman–Crippen MR) is 200 cm³/mol. The minimum atomic E-state index is -0.221. The first kappa shape index (κ1) is 34.0. The average Bonchev–Trinajstić information content (AvgIpc) is 3.69. The third-order valence-corrected chi connectivity index (χ3v) is 11.2. The molecule has 0 aliphatic heterocycles. The maximum Gasteiger partial charge on any atom is 0.125 e. The summed E-state index contributed by atoms with van der Waals surface area (Å²) in [6.07, 6.45) is 2.10. The molecule has 1 aliphatic rings. The zero-order chi connectivity index (χ0) is 34.4. The fourth-order valence-corrected chi connectivity index (χ4v) is 7.43. The Morgan fingerprint density at radius 2 is 1.42 bits per heavy atom. The van der Waals surface area contributed by atoms with Crippen molar-refractivity contribution in [3.8, 4) is 45.5 Å². The molecule has 3 heterocycles. The fraction of sp³-hybridized carbons (Fsp3) is 0.273. The second-order valence-electron chi connectivity index (χ2n) is 15.3. The molecule has 1 aliphatic carbocycles. The van der Waals surface area contributed by atoms with E-state index in [-0.39, 0.29) is 37.6 Å². The van der Waals surface area contributed by atoms with E-state index in [4.69, 9.17) is 14.4 Å². The van der Waals surface area contributed by atoms with Gasteiger partial charge in [-0.2, -0.15) is 0 Å². The van der Waals surface area contributed by atoms with Gasteiger partial charge in [-0.25, -0.2) is 4.98 Å². The van der Waals surface area contributed by atoms with Crippen molar-refractivity contribution in [3.05, 3.63) is 119 Å². The summed E-state index contributed by atoms with van der Waals surface area (Å²) in [5.74, 6) is 1.76. The van der Waals surface area contributed by atoms with Crippen molar-refractivity contribution >= 4 is 21.9 Å². The number of hydrogen-bond acceptors (Lipinski definition) is 4. The van der Waals surface area contributed by atoms with Gasteiger partial charge < -0.3 is 14.1 Å². The number of aromatic nitrogens is 3. The van der Waals surface area contributed by atoms with Crippen LogP contribution >= 0.6 is 0 Å². The molecule has 50 heavy (non-hydrogen) atoms. The largest absolute Gasteiger partial charge is 0.507 e. The number of nitrogens with zero attached hydrogens (tertiary/aromatic N) is 3. The van der Waals surface area contributed by atoms with Gasteiger partial charge in [-0.05, 0) is 69.8 Å². The van der Waals surface area contributed by atoms with Crippen LogP contribution in [-0.2, 0) is 31.9 Å². The van der Waals surface area contributed by atoms with Gasteiger partial charge in [0, 0.05) is 49.3 Å². The molecule has 0 radical (unpaired) electrons. The van der Waals surface area contributed by atoms with Gasteiger partial charge >= 0.3 is 0 Å². The first-order valence-electron chi connectivity index (χ1n) is 17.3. The van der Waals surface area contributed by atoms with Crippen molar-refractivity contribution in [2.75, 3.05) is 0 Å². The number of imidazole rings is 1. The molecular formula is C44H42N3O2Pt-. The van der Waals surface area contributed by atoms with Crippen LogP contribution in [0.25, 0.3) is 61.7 Å². The minimum Gasteiger partial charge on any atom is -0.507 e. The smallest absolute Gasteiger partial charge is 0.125 e. The summed E-state index contributed by atoms with van der Waals surface area (Å²) in [5, 5.41) is 13.3. The number of furan rings is 1. The zero-order valence-electron chi connectivity index (χ0n) is 29.8. The van der Waals surface area contributed by atoms with Gasteiger partial charge in [0.2, 0.25) is 0 Å². The summed E-state index contributed by atoms with van der Waals surface area (Å²) in [6, 6.07) is 32.6. The molecule has 6 heteroatoms. The molecule has 256 valence electrons. The molecule has 0 spiro atoms. The summed E-state index contributed by atoms with van der Waals surface area (Å²) in [7, 11) is 0. The van der Waals surface area contributed by atoms with E-state index in [1.807, 2.05) is 30.3 Å². The summed E-state index contributed by atoms with van der Waals surface area (Å²) in [4.78, 5) is 10.6. The van der Waals surface area contributed by atoms with Crippen LogP contribution in [-0.4, -0.2) is 19.6 Å². The van der Waals surface area contributed by atoms with Crippen LogP contribution in [0.1, 0.15) is 89.5 Å². The van der Waals surface area contributed by atoms with E-state index in [1.54, 1.807) is 6.07 Å². The van der Waals surface area contributed by atoms with Crippen LogP contribution in [0.15, 0.2) is 95.5 Å². The Morgan fingerprint density at radius 1 is 0.720 bits per heavy atom. The number of phenols is 1. The molecular weight excluding hydrogens is 798 g/mol. The van der Waals surface area contributed by atoms with Gasteiger partial charge in [-0.1, -0.05) is 103 Å². The fourth-order valence-electron chi connectivity index (χ4n) is 7.43. The van der Waals surface area contributed by atoms with Gasteiger partial charge in [0.05, 0.1) is 28.5 Å². The van der Waals surface area contributed by atoms with E-state index in [9.17, 15) is 5.11 Å². The van der Waals surface area contributed by atoms with Crippen LogP contribution in [0, 0.1) is 6.07 Å². The first-order valence-corrected chi connectivity index (χ1v) is 17.3. The SMILES string of the molecule is CC(C)c1cc(C(C)C)cc(-n2cc(-c3ccc4c(n3)-c3c(O)cccc3C(C)(C)C4(C)C)nc2-c2[c-]cc3oc4ccccc4c3c2)c1.[Pt]. The monoisotopic (exact) mass is 839 g/mol. The van der Waals surface area contributed by atoms with Crippen LogP contribution in [0.3, 0.4) is 0 Å². The molecule has 4 aromatic carbocycles. The van der Waals surface area contributed by atoms with Crippen LogP contribution in [0.5, 0.6) is 5.75 Å². The van der Waals surface area contributed by atoms with Gasteiger partial charge in [-0.3, -0.25) is 4.98 Å². The molecule has 0 bridgehead atoms. The molecule has 0 amide bonds. The molecule has 0 fully saturated rings. The van der Waals surface area contributed by atoms with E-state index >= 15 is 0 Å². The van der Waals surface area contributed by atoms with E-state index in [0.717, 1.165) is 72.8 Å². The topological polar surface area (TPSA) is 64.1 Å². The van der Waals surface area contributed by atoms with Crippen molar-refractivity contribution < 1.29 is 30.6 Å². The van der Waals surface area contributed by atoms with E-state index in [0.29, 0.717) is 11.8 Å². The van der Waals surface area contributed by atoms with Crippen molar-refractivity contribution in [3.63, 3.8) is 0 Å². The Bertz CT molecular complexity index is 2400. The van der Waals surface area contributed by atoms with Crippen LogP contribution in [0.4, 0.5) is 0 Å². The Kier molecular flexibility index (Phi) is 8.22. The summed E-state index contributed by atoms with van der Waals surface area (Å²) < 4.78 is 8.34. The Hall–Kier alpha value is -4.47. The Labute approximate surface area is 308 Å². The number of phenolic OH excluding ortho intramolecular Hbond substituents is 1. The zero-order valence-corrected chi connectivity index (χ0v) is 32.1. The van der Waals surface area contributed by atoms with Gasteiger partial charge in [-0.15, -0.1) is 23.8 Å². The maximum atomic E-state index is 11.2. The molecule has 7 aromatic rings. The number of hydrogen-bond donors (Lipinski definition) is 1. The van der Waals surface area contributed by atoms with Crippen LogP contribution < -0.4 is 0 Å². The number of benzene rings is 4. The molecule has 0 atom stereocenters. The second kappa shape index (κ2) is 12.1. The van der Waals surface area contributed by atoms with Crippen molar-refractivity contribution in [2.45, 2.75) is 78.1 Å². The van der Waals surface area contributed by atoms with Crippen molar-refractivity contribution in [2.24, 2.45) is 0 Å². The number of fused-ring (bicyclic) bond motifs is 6. The Morgan fingerprint density at radius 3 is 2.14 bits per heavy atom. The van der Waals surface area contributed by atoms with E-state index in [1.165, 1.54) is 11.1 Å². The molecule has 8 rings (SSSR count). The number of rotatable bonds is 5. The van der Waals surface area contributed by atoms with Crippen molar-refractivity contribution in [1.29, 1.82) is 0 Å². The molecule has 0 unspecified atom stereocenters. The maximum absolute atomic E-state index is 11.2. The number of para-hydroxylation sites is 1. The quantitative estimate of drug-likeness (QED) is 0.175. The summed E-state index contributed by atoms with van der Waals surface area (Å²) >= 11 is 0. The molecule has 5 nitrogen and oxygen atoms in total. The average molecular weight is 840 g/mol. The summed E-state index contributed by atoms with van der Waals surface area (Å²) in [6.45, 7) is 18.0. The molecule has 0 saturated heterocycles. The second-order valence-corrected chi connectivity index (χ2v) is 15.3.